The maximum Gasteiger partial charge on any atom is 0.0645 e. The number of halogens is 2. The van der Waals surface area contributed by atoms with Crippen LogP contribution in [0.3, 0.4) is 0 Å². The zero-order valence-corrected chi connectivity index (χ0v) is 10.9. The summed E-state index contributed by atoms with van der Waals surface area (Å²) in [4.78, 5) is 0. The number of benzene rings is 1. The van der Waals surface area contributed by atoms with Gasteiger partial charge in [0.25, 0.3) is 0 Å². The highest BCUT2D eigenvalue weighted by Gasteiger charge is 1.95. The lowest BCUT2D eigenvalue weighted by Crippen LogP contribution is -1.93. The zero-order chi connectivity index (χ0) is 10.7. The summed E-state index contributed by atoms with van der Waals surface area (Å²) >= 11 is 6.66. The Morgan fingerprint density at radius 1 is 1.20 bits per heavy atom. The molecule has 0 saturated heterocycles. The summed E-state index contributed by atoms with van der Waals surface area (Å²) in [7, 11) is 0. The first-order valence-electron chi connectivity index (χ1n) is 4.38. The van der Waals surface area contributed by atoms with Crippen molar-refractivity contribution in [2.24, 2.45) is 0 Å². The van der Waals surface area contributed by atoms with Gasteiger partial charge in [0.05, 0.1) is 9.08 Å². The first-order valence-corrected chi connectivity index (χ1v) is 5.97. The molecule has 0 radical (unpaired) electrons. The number of hydrogen-bond donors (Lipinski definition) is 0. The van der Waals surface area contributed by atoms with Crippen molar-refractivity contribution in [3.8, 4) is 5.69 Å². The molecule has 0 aliphatic carbocycles. The molecule has 0 unspecified atom stereocenters. The molecule has 0 aliphatic heterocycles. The quantitative estimate of drug-likeness (QED) is 0.816. The van der Waals surface area contributed by atoms with Gasteiger partial charge in [-0.05, 0) is 61.7 Å². The van der Waals surface area contributed by atoms with Gasteiger partial charge in [-0.3, -0.25) is 0 Å². The molecule has 0 bridgehead atoms. The van der Waals surface area contributed by atoms with Crippen molar-refractivity contribution in [2.45, 2.75) is 0 Å². The molecule has 0 aliphatic rings. The first-order chi connectivity index (χ1) is 7.25. The van der Waals surface area contributed by atoms with Crippen LogP contribution in [-0.4, -0.2) is 9.78 Å². The lowest BCUT2D eigenvalue weighted by atomic mass is 10.2. The Balaban J connectivity index is 2.29. The van der Waals surface area contributed by atoms with Crippen LogP contribution in [0.2, 0.25) is 0 Å². The minimum absolute atomic E-state index is 0.932. The van der Waals surface area contributed by atoms with Crippen LogP contribution < -0.4 is 0 Å². The molecule has 2 rings (SSSR count). The van der Waals surface area contributed by atoms with E-state index in [0.29, 0.717) is 0 Å². The number of nitrogens with zero attached hydrogens (tertiary/aromatic N) is 2. The van der Waals surface area contributed by atoms with Gasteiger partial charge in [0.1, 0.15) is 0 Å². The molecule has 4 heteroatoms. The molecule has 0 saturated carbocycles. The van der Waals surface area contributed by atoms with E-state index in [1.165, 1.54) is 0 Å². The van der Waals surface area contributed by atoms with E-state index in [-0.39, 0.29) is 0 Å². The third kappa shape index (κ3) is 2.79. The molecule has 1 aromatic heterocycles. The van der Waals surface area contributed by atoms with Gasteiger partial charge in [-0.25, -0.2) is 4.68 Å². The molecule has 0 atom stereocenters. The number of rotatable bonds is 2. The van der Waals surface area contributed by atoms with E-state index in [4.69, 9.17) is 0 Å². The van der Waals surface area contributed by atoms with Crippen molar-refractivity contribution in [1.29, 1.82) is 0 Å². The summed E-state index contributed by atoms with van der Waals surface area (Å²) in [5.74, 6) is 0. The fourth-order valence-corrected chi connectivity index (χ4v) is 1.80. The third-order valence-corrected chi connectivity index (χ3v) is 2.40. The van der Waals surface area contributed by atoms with Crippen LogP contribution in [0.25, 0.3) is 11.8 Å². The predicted octanol–water partition coefficient (Wildman–Crippen LogP) is 3.96. The van der Waals surface area contributed by atoms with E-state index in [1.807, 2.05) is 47.3 Å². The average Bonchev–Trinajstić information content (AvgIpc) is 2.71. The topological polar surface area (TPSA) is 17.8 Å². The average molecular weight is 328 g/mol. The predicted molar refractivity (Wildman–Crippen MR) is 69.4 cm³/mol. The summed E-state index contributed by atoms with van der Waals surface area (Å²) < 4.78 is 2.76. The lowest BCUT2D eigenvalue weighted by molar-refractivity contribution is 0.880. The minimum Gasteiger partial charge on any atom is -0.241 e. The van der Waals surface area contributed by atoms with Gasteiger partial charge in [0.15, 0.2) is 0 Å². The summed E-state index contributed by atoms with van der Waals surface area (Å²) in [6.07, 6.45) is 5.68. The second-order valence-corrected chi connectivity index (χ2v) is 5.75. The van der Waals surface area contributed by atoms with E-state index in [1.54, 1.807) is 6.20 Å². The Morgan fingerprint density at radius 2 is 1.93 bits per heavy atom. The smallest absolute Gasteiger partial charge is 0.0645 e. The molecule has 76 valence electrons. The van der Waals surface area contributed by atoms with Crippen LogP contribution in [-0.2, 0) is 0 Å². The first kappa shape index (κ1) is 10.6. The van der Waals surface area contributed by atoms with Crippen molar-refractivity contribution in [3.63, 3.8) is 0 Å². The Kier molecular flexibility index (Phi) is 3.38. The van der Waals surface area contributed by atoms with Crippen molar-refractivity contribution in [1.82, 2.24) is 9.78 Å². The highest BCUT2D eigenvalue weighted by atomic mass is 79.9. The fourth-order valence-electron chi connectivity index (χ4n) is 1.27. The largest absolute Gasteiger partial charge is 0.241 e. The SMILES string of the molecule is BrC(Br)=Cc1ccc(-n2cccn2)cc1. The highest BCUT2D eigenvalue weighted by Crippen LogP contribution is 2.18. The van der Waals surface area contributed by atoms with Gasteiger partial charge in [-0.1, -0.05) is 12.1 Å². The van der Waals surface area contributed by atoms with Crippen LogP contribution in [0.5, 0.6) is 0 Å². The van der Waals surface area contributed by atoms with Gasteiger partial charge >= 0.3 is 0 Å². The fraction of sp³-hybridized carbons (Fsp3) is 0. The molecular weight excluding hydrogens is 320 g/mol. The van der Waals surface area contributed by atoms with Crippen LogP contribution in [0.1, 0.15) is 5.56 Å². The van der Waals surface area contributed by atoms with Crippen molar-refractivity contribution in [3.05, 3.63) is 51.7 Å². The summed E-state index contributed by atoms with van der Waals surface area (Å²) in [5, 5.41) is 4.16. The van der Waals surface area contributed by atoms with Crippen LogP contribution >= 0.6 is 31.9 Å². The Labute approximate surface area is 105 Å². The molecule has 0 amide bonds. The Bertz CT molecular complexity index is 454. The van der Waals surface area contributed by atoms with E-state index in [0.717, 1.165) is 14.6 Å². The Morgan fingerprint density at radius 3 is 2.47 bits per heavy atom. The maximum absolute atomic E-state index is 4.16. The number of aromatic nitrogens is 2. The molecular formula is C11H8Br2N2. The molecule has 0 N–H and O–H groups in total. The normalized spacial score (nSPS) is 10.0. The number of hydrogen-bond acceptors (Lipinski definition) is 1. The van der Waals surface area contributed by atoms with E-state index in [2.05, 4.69) is 37.0 Å². The molecule has 0 spiro atoms. The standard InChI is InChI=1S/C11H8Br2N2/c12-11(13)8-9-2-4-10(5-3-9)15-7-1-6-14-15/h1-8H. The van der Waals surface area contributed by atoms with E-state index in [9.17, 15) is 0 Å². The van der Waals surface area contributed by atoms with Crippen molar-refractivity contribution < 1.29 is 0 Å². The molecule has 2 aromatic rings. The molecule has 2 nitrogen and oxygen atoms in total. The van der Waals surface area contributed by atoms with Crippen LogP contribution in [0, 0.1) is 0 Å². The van der Waals surface area contributed by atoms with Gasteiger partial charge in [-0.2, -0.15) is 5.10 Å². The van der Waals surface area contributed by atoms with Crippen LogP contribution in [0.15, 0.2) is 46.1 Å². The van der Waals surface area contributed by atoms with Gasteiger partial charge < -0.3 is 0 Å². The second kappa shape index (κ2) is 4.77. The van der Waals surface area contributed by atoms with E-state index < -0.39 is 0 Å². The highest BCUT2D eigenvalue weighted by molar-refractivity contribution is 9.28. The lowest BCUT2D eigenvalue weighted by Gasteiger charge is -2.01. The van der Waals surface area contributed by atoms with Gasteiger partial charge in [-0.15, -0.1) is 0 Å². The molecule has 15 heavy (non-hydrogen) atoms. The monoisotopic (exact) mass is 326 g/mol. The molecule has 0 fully saturated rings. The van der Waals surface area contributed by atoms with Gasteiger partial charge in [0, 0.05) is 12.4 Å². The second-order valence-electron chi connectivity index (χ2n) is 2.98. The third-order valence-electron chi connectivity index (χ3n) is 1.94. The zero-order valence-electron chi connectivity index (χ0n) is 7.77. The minimum atomic E-state index is 0.932. The Hall–Kier alpha value is -0.870. The van der Waals surface area contributed by atoms with Crippen LogP contribution in [0.4, 0.5) is 0 Å². The van der Waals surface area contributed by atoms with Crippen molar-refractivity contribution in [2.75, 3.05) is 0 Å². The summed E-state index contributed by atoms with van der Waals surface area (Å²) in [5.41, 5.74) is 2.19. The molecule has 1 heterocycles. The maximum atomic E-state index is 4.16. The van der Waals surface area contributed by atoms with Gasteiger partial charge in [0.2, 0.25) is 0 Å². The summed E-state index contributed by atoms with van der Waals surface area (Å²) in [6.45, 7) is 0. The van der Waals surface area contributed by atoms with E-state index >= 15 is 0 Å². The molecule has 1 aromatic carbocycles. The summed E-state index contributed by atoms with van der Waals surface area (Å²) in [6, 6.07) is 10.0. The van der Waals surface area contributed by atoms with Crippen molar-refractivity contribution >= 4 is 37.9 Å².